The Bertz CT molecular complexity index is 2620. The topological polar surface area (TPSA) is 194 Å². The van der Waals surface area contributed by atoms with E-state index >= 15 is 0 Å². The van der Waals surface area contributed by atoms with Crippen LogP contribution in [0.5, 0.6) is 0 Å². The molecule has 4 amide bonds. The van der Waals surface area contributed by atoms with Crippen LogP contribution in [0.2, 0.25) is 0 Å². The van der Waals surface area contributed by atoms with E-state index in [-0.39, 0.29) is 29.2 Å². The highest BCUT2D eigenvalue weighted by atomic mass is 16.5. The van der Waals surface area contributed by atoms with Gasteiger partial charge in [0, 0.05) is 92.9 Å². The fraction of sp³-hybridized carbons (Fsp3) is 0.413. The first-order valence-electron chi connectivity index (χ1n) is 21.7. The first kappa shape index (κ1) is 41.6. The lowest BCUT2D eigenvalue weighted by Gasteiger charge is -2.39. The number of nitrogens with zero attached hydrogens (tertiary/aromatic N) is 10. The number of aromatic nitrogens is 7. The van der Waals surface area contributed by atoms with Crippen molar-refractivity contribution in [3.05, 3.63) is 90.0 Å². The largest absolute Gasteiger partial charge is 0.372 e. The molecular weight excluding hydrogens is 799 g/mol. The molecule has 3 aliphatic heterocycles. The smallest absolute Gasteiger partial charge is 0.328 e. The van der Waals surface area contributed by atoms with E-state index in [2.05, 4.69) is 74.7 Å². The highest BCUT2D eigenvalue weighted by Gasteiger charge is 2.28. The molecule has 0 saturated carbocycles. The van der Waals surface area contributed by atoms with Crippen molar-refractivity contribution in [3.8, 4) is 22.6 Å². The van der Waals surface area contributed by atoms with E-state index in [4.69, 9.17) is 14.5 Å². The van der Waals surface area contributed by atoms with Crippen molar-refractivity contribution >= 4 is 46.2 Å². The summed E-state index contributed by atoms with van der Waals surface area (Å²) in [6.45, 7) is 17.2. The number of H-pyrrole nitrogens is 1. The molecule has 9 rings (SSSR count). The Morgan fingerprint density at radius 1 is 0.873 bits per heavy atom. The maximum absolute atomic E-state index is 12.9. The number of hydrogen-bond acceptors (Lipinski definition) is 13. The fourth-order valence-electron chi connectivity index (χ4n) is 8.71. The first-order valence-corrected chi connectivity index (χ1v) is 21.7. The second-order valence-electron chi connectivity index (χ2n) is 17.8. The van der Waals surface area contributed by atoms with Crippen LogP contribution in [0, 0.1) is 12.8 Å². The predicted octanol–water partition coefficient (Wildman–Crippen LogP) is 6.05. The lowest BCUT2D eigenvalue weighted by Crippen LogP contribution is -2.49. The highest BCUT2D eigenvalue weighted by molar-refractivity contribution is 6.05. The van der Waals surface area contributed by atoms with Gasteiger partial charge in [-0.3, -0.25) is 24.7 Å². The summed E-state index contributed by atoms with van der Waals surface area (Å²) in [6.07, 6.45) is 6.02. The standard InChI is InChI=1S/C46H53N13O4/c1-28-24-31(6-12-35(28)29(2)50-43(61)42-54-44(63-55-42)46(3,4)5)38-39-41(49-27-48-38)53-40(52-39)32-7-13-36(47-25-32)58-22-20-56(21-23-58)26-30-14-17-57(18-15-30)33-8-10-34(11-9-33)59-19-16-37(60)51-45(59)62/h6-13,24-25,27,29-30H,14-23,26H2,1-5H3,(H,50,61)(H,51,60,62)(H,48,49,52,53). The van der Waals surface area contributed by atoms with Crippen molar-refractivity contribution in [1.82, 2.24) is 50.6 Å². The van der Waals surface area contributed by atoms with Gasteiger partial charge in [-0.25, -0.2) is 24.7 Å². The van der Waals surface area contributed by atoms with E-state index in [1.54, 1.807) is 11.2 Å². The van der Waals surface area contributed by atoms with Gasteiger partial charge in [0.1, 0.15) is 29.2 Å². The number of aromatic amines is 1. The van der Waals surface area contributed by atoms with E-state index in [1.807, 2.05) is 71.1 Å². The van der Waals surface area contributed by atoms with Crippen molar-refractivity contribution in [2.24, 2.45) is 5.92 Å². The van der Waals surface area contributed by atoms with Crippen LogP contribution in [0.3, 0.4) is 0 Å². The molecule has 0 radical (unpaired) electrons. The number of amides is 4. The minimum Gasteiger partial charge on any atom is -0.372 e. The number of aryl methyl sites for hydroxylation is 1. The van der Waals surface area contributed by atoms with Crippen LogP contribution in [0.15, 0.2) is 71.6 Å². The summed E-state index contributed by atoms with van der Waals surface area (Å²) < 4.78 is 5.31. The van der Waals surface area contributed by atoms with Crippen LogP contribution in [0.4, 0.5) is 22.0 Å². The molecule has 6 aromatic rings. The number of nitrogens with one attached hydrogen (secondary N) is 3. The Morgan fingerprint density at radius 3 is 2.30 bits per heavy atom. The summed E-state index contributed by atoms with van der Waals surface area (Å²) in [5.41, 5.74) is 7.33. The number of piperidine rings is 1. The van der Waals surface area contributed by atoms with E-state index in [1.165, 1.54) is 5.69 Å². The molecule has 3 saturated heterocycles. The molecule has 63 heavy (non-hydrogen) atoms. The Labute approximate surface area is 365 Å². The van der Waals surface area contributed by atoms with Gasteiger partial charge in [-0.1, -0.05) is 38.1 Å². The average molecular weight is 852 g/mol. The van der Waals surface area contributed by atoms with Crippen molar-refractivity contribution < 1.29 is 18.9 Å². The summed E-state index contributed by atoms with van der Waals surface area (Å²) >= 11 is 0. The number of pyridine rings is 1. The number of imide groups is 1. The summed E-state index contributed by atoms with van der Waals surface area (Å²) in [6, 6.07) is 17.6. The van der Waals surface area contributed by atoms with Gasteiger partial charge in [0.25, 0.3) is 11.7 Å². The zero-order chi connectivity index (χ0) is 43.8. The van der Waals surface area contributed by atoms with Gasteiger partial charge in [0.2, 0.25) is 11.8 Å². The molecule has 1 atom stereocenters. The van der Waals surface area contributed by atoms with Gasteiger partial charge in [-0.15, -0.1) is 0 Å². The second kappa shape index (κ2) is 17.2. The number of carbonyl (C=O) groups is 3. The van der Waals surface area contributed by atoms with Crippen LogP contribution < -0.4 is 25.3 Å². The van der Waals surface area contributed by atoms with Gasteiger partial charge in [-0.2, -0.15) is 4.98 Å². The fourth-order valence-corrected chi connectivity index (χ4v) is 8.71. The van der Waals surface area contributed by atoms with Crippen LogP contribution in [0.25, 0.3) is 33.8 Å². The number of rotatable bonds is 10. The Kier molecular flexibility index (Phi) is 11.4. The third-order valence-corrected chi connectivity index (χ3v) is 12.3. The summed E-state index contributed by atoms with van der Waals surface area (Å²) in [7, 11) is 0. The summed E-state index contributed by atoms with van der Waals surface area (Å²) in [5.74, 6) is 2.09. The van der Waals surface area contributed by atoms with Gasteiger partial charge in [-0.05, 0) is 86.2 Å². The molecule has 1 unspecified atom stereocenters. The Hall–Kier alpha value is -6.75. The van der Waals surface area contributed by atoms with E-state index in [9.17, 15) is 14.4 Å². The maximum atomic E-state index is 12.9. The average Bonchev–Trinajstić information content (AvgIpc) is 3.97. The van der Waals surface area contributed by atoms with E-state index < -0.39 is 5.91 Å². The number of carbonyl (C=O) groups excluding carboxylic acids is 3. The van der Waals surface area contributed by atoms with Gasteiger partial charge in [0.15, 0.2) is 5.65 Å². The first-order chi connectivity index (χ1) is 30.4. The molecule has 7 heterocycles. The predicted molar refractivity (Wildman–Crippen MR) is 240 cm³/mol. The van der Waals surface area contributed by atoms with Crippen molar-refractivity contribution in [2.75, 3.05) is 67.1 Å². The molecule has 17 nitrogen and oxygen atoms in total. The second-order valence-corrected chi connectivity index (χ2v) is 17.8. The molecule has 326 valence electrons. The molecule has 3 N–H and O–H groups in total. The van der Waals surface area contributed by atoms with E-state index in [0.717, 1.165) is 92.4 Å². The number of imidazole rings is 1. The minimum atomic E-state index is -0.397. The number of hydrogen-bond donors (Lipinski definition) is 3. The Morgan fingerprint density at radius 2 is 1.62 bits per heavy atom. The molecule has 17 heteroatoms. The zero-order valence-electron chi connectivity index (χ0n) is 36.4. The normalized spacial score (nSPS) is 17.3. The molecule has 0 spiro atoms. The van der Waals surface area contributed by atoms with Crippen molar-refractivity contribution in [3.63, 3.8) is 0 Å². The maximum Gasteiger partial charge on any atom is 0.328 e. The van der Waals surface area contributed by atoms with Crippen molar-refractivity contribution in [1.29, 1.82) is 0 Å². The number of urea groups is 1. The van der Waals surface area contributed by atoms with Crippen LogP contribution in [-0.2, 0) is 10.2 Å². The molecular formula is C46H53N13O4. The van der Waals surface area contributed by atoms with Gasteiger partial charge < -0.3 is 24.6 Å². The molecule has 2 aromatic carbocycles. The van der Waals surface area contributed by atoms with Gasteiger partial charge >= 0.3 is 6.03 Å². The molecule has 3 fully saturated rings. The monoisotopic (exact) mass is 851 g/mol. The summed E-state index contributed by atoms with van der Waals surface area (Å²) in [5, 5.41) is 9.27. The van der Waals surface area contributed by atoms with Crippen LogP contribution >= 0.6 is 0 Å². The Balaban J connectivity index is 0.768. The third-order valence-electron chi connectivity index (χ3n) is 12.3. The molecule has 4 aromatic heterocycles. The molecule has 0 bridgehead atoms. The molecule has 3 aliphatic rings. The van der Waals surface area contributed by atoms with Crippen LogP contribution in [0.1, 0.15) is 80.6 Å². The highest BCUT2D eigenvalue weighted by Crippen LogP contribution is 2.31. The summed E-state index contributed by atoms with van der Waals surface area (Å²) in [4.78, 5) is 72.3. The van der Waals surface area contributed by atoms with E-state index in [0.29, 0.717) is 47.5 Å². The lowest BCUT2D eigenvalue weighted by atomic mass is 9.95. The number of fused-ring (bicyclic) bond motifs is 1. The minimum absolute atomic E-state index is 0.0113. The van der Waals surface area contributed by atoms with Crippen molar-refractivity contribution in [2.45, 2.75) is 65.3 Å². The number of anilines is 3. The zero-order valence-corrected chi connectivity index (χ0v) is 36.4. The molecule has 0 aliphatic carbocycles. The van der Waals surface area contributed by atoms with Crippen LogP contribution in [-0.4, -0.2) is 110 Å². The number of piperazine rings is 1. The lowest BCUT2D eigenvalue weighted by molar-refractivity contribution is -0.120. The quantitative estimate of drug-likeness (QED) is 0.144. The third kappa shape index (κ3) is 8.96. The van der Waals surface area contributed by atoms with Gasteiger partial charge in [0.05, 0.1) is 6.04 Å². The number of benzene rings is 2. The SMILES string of the molecule is Cc1cc(-c2ncnc3[nH]c(-c4ccc(N5CCN(CC6CCN(c7ccc(N8CCC(=O)NC8=O)cc7)CC6)CC5)nc4)nc23)ccc1C(C)NC(=O)c1noc(C(C)(C)C)n1.